The number of ether oxygens (including phenoxy) is 2. The molecule has 4 rings (SSSR count). The molecule has 0 unspecified atom stereocenters. The first-order chi connectivity index (χ1) is 20.1. The van der Waals surface area contributed by atoms with Crippen molar-refractivity contribution in [3.63, 3.8) is 0 Å². The number of rotatable bonds is 7. The zero-order chi connectivity index (χ0) is 31.5. The van der Waals surface area contributed by atoms with Crippen LogP contribution in [-0.4, -0.2) is 73.7 Å². The average molecular weight is 595 g/mol. The van der Waals surface area contributed by atoms with Gasteiger partial charge in [0.2, 0.25) is 0 Å². The topological polar surface area (TPSA) is 122 Å². The van der Waals surface area contributed by atoms with E-state index in [0.717, 1.165) is 11.3 Å². The zero-order valence-electron chi connectivity index (χ0n) is 26.6. The van der Waals surface area contributed by atoms with E-state index in [-0.39, 0.29) is 24.9 Å². The quantitative estimate of drug-likeness (QED) is 0.351. The Morgan fingerprint density at radius 1 is 1.09 bits per heavy atom. The lowest BCUT2D eigenvalue weighted by Gasteiger charge is -2.36. The second-order valence-electron chi connectivity index (χ2n) is 13.5. The summed E-state index contributed by atoms with van der Waals surface area (Å²) in [6, 6.07) is 11.5. The number of amides is 2. The number of benzene rings is 1. The van der Waals surface area contributed by atoms with Gasteiger partial charge in [0.15, 0.2) is 5.65 Å². The van der Waals surface area contributed by atoms with Crippen molar-refractivity contribution < 1.29 is 24.2 Å². The minimum absolute atomic E-state index is 0.113. The lowest BCUT2D eigenvalue weighted by Crippen LogP contribution is -2.49. The fraction of sp³-hybridized carbons (Fsp3) is 0.562. The van der Waals surface area contributed by atoms with Crippen LogP contribution in [0.3, 0.4) is 0 Å². The lowest BCUT2D eigenvalue weighted by atomic mass is 9.94. The summed E-state index contributed by atoms with van der Waals surface area (Å²) in [7, 11) is 0. The van der Waals surface area contributed by atoms with Gasteiger partial charge in [-0.15, -0.1) is 5.10 Å². The maximum Gasteiger partial charge on any atom is 0.415 e. The molecule has 234 valence electrons. The van der Waals surface area contributed by atoms with Crippen LogP contribution in [0.5, 0.6) is 0 Å². The maximum atomic E-state index is 13.6. The van der Waals surface area contributed by atoms with Crippen molar-refractivity contribution in [3.8, 4) is 0 Å². The summed E-state index contributed by atoms with van der Waals surface area (Å²) >= 11 is 0. The number of aliphatic hydroxyl groups excluding tert-OH is 1. The molecule has 3 heterocycles. The van der Waals surface area contributed by atoms with Crippen LogP contribution in [0.25, 0.3) is 5.65 Å². The van der Waals surface area contributed by atoms with Crippen LogP contribution in [0.15, 0.2) is 42.6 Å². The molecular weight excluding hydrogens is 548 g/mol. The lowest BCUT2D eigenvalue weighted by molar-refractivity contribution is -0.0104. The highest BCUT2D eigenvalue weighted by Crippen LogP contribution is 2.30. The Balaban J connectivity index is 1.62. The van der Waals surface area contributed by atoms with Crippen molar-refractivity contribution >= 4 is 29.3 Å². The van der Waals surface area contributed by atoms with Gasteiger partial charge < -0.3 is 24.8 Å². The number of anilines is 2. The van der Waals surface area contributed by atoms with Crippen LogP contribution < -0.4 is 10.2 Å². The molecule has 1 aliphatic rings. The summed E-state index contributed by atoms with van der Waals surface area (Å²) < 4.78 is 13.1. The van der Waals surface area contributed by atoms with Gasteiger partial charge in [-0.25, -0.2) is 19.1 Å². The molecule has 0 aliphatic carbocycles. The van der Waals surface area contributed by atoms with Crippen molar-refractivity contribution in [2.45, 2.75) is 91.6 Å². The monoisotopic (exact) mass is 594 g/mol. The number of likely N-dealkylation sites (tertiary alicyclic amines) is 1. The van der Waals surface area contributed by atoms with Crippen LogP contribution in [0.1, 0.15) is 79.0 Å². The number of imidazole rings is 1. The summed E-state index contributed by atoms with van der Waals surface area (Å²) in [6.07, 6.45) is 0.744. The fourth-order valence-electron chi connectivity index (χ4n) is 4.93. The molecule has 43 heavy (non-hydrogen) atoms. The minimum atomic E-state index is -0.729. The van der Waals surface area contributed by atoms with Gasteiger partial charge in [-0.1, -0.05) is 44.2 Å². The van der Waals surface area contributed by atoms with E-state index in [1.165, 1.54) is 0 Å². The highest BCUT2D eigenvalue weighted by Gasteiger charge is 2.33. The zero-order valence-corrected chi connectivity index (χ0v) is 26.6. The molecule has 11 heteroatoms. The molecular formula is C32H46N6O5. The van der Waals surface area contributed by atoms with E-state index in [1.54, 1.807) is 20.5 Å². The summed E-state index contributed by atoms with van der Waals surface area (Å²) in [5, 5.41) is 19.1. The summed E-state index contributed by atoms with van der Waals surface area (Å²) in [4.78, 5) is 34.0. The molecule has 1 aromatic carbocycles. The van der Waals surface area contributed by atoms with Gasteiger partial charge in [0.25, 0.3) is 0 Å². The number of nitrogens with zero attached hydrogens (tertiary/aromatic N) is 5. The Labute approximate surface area is 254 Å². The van der Waals surface area contributed by atoms with Crippen molar-refractivity contribution in [1.82, 2.24) is 19.5 Å². The van der Waals surface area contributed by atoms with E-state index in [4.69, 9.17) is 14.6 Å². The first-order valence-corrected chi connectivity index (χ1v) is 14.9. The normalized spacial score (nSPS) is 17.7. The molecule has 2 atom stereocenters. The molecule has 3 aromatic rings. The number of piperidine rings is 1. The molecule has 0 radical (unpaired) electrons. The van der Waals surface area contributed by atoms with Gasteiger partial charge in [0.1, 0.15) is 17.0 Å². The van der Waals surface area contributed by atoms with E-state index in [1.807, 2.05) is 77.9 Å². The maximum absolute atomic E-state index is 13.6. The van der Waals surface area contributed by atoms with E-state index in [9.17, 15) is 14.7 Å². The van der Waals surface area contributed by atoms with Gasteiger partial charge >= 0.3 is 12.2 Å². The highest BCUT2D eigenvalue weighted by atomic mass is 16.6. The summed E-state index contributed by atoms with van der Waals surface area (Å²) in [5.74, 6) is 0.553. The molecule has 1 fully saturated rings. The Kier molecular flexibility index (Phi) is 9.54. The van der Waals surface area contributed by atoms with E-state index in [2.05, 4.69) is 24.1 Å². The van der Waals surface area contributed by atoms with Gasteiger partial charge in [-0.05, 0) is 59.4 Å². The number of aliphatic hydroxyl groups is 1. The number of fused-ring (bicyclic) bond motifs is 1. The van der Waals surface area contributed by atoms with Crippen molar-refractivity contribution in [3.05, 3.63) is 53.9 Å². The molecule has 1 aliphatic heterocycles. The Bertz CT molecular complexity index is 1410. The second kappa shape index (κ2) is 12.8. The molecule has 2 aromatic heterocycles. The summed E-state index contributed by atoms with van der Waals surface area (Å²) in [5.41, 5.74) is 1.64. The average Bonchev–Trinajstić information content (AvgIpc) is 3.34. The number of aromatic nitrogens is 3. The van der Waals surface area contributed by atoms with Gasteiger partial charge in [-0.2, -0.15) is 0 Å². The number of carbonyl (C=O) groups is 2. The molecule has 0 spiro atoms. The molecule has 2 N–H and O–H groups in total. The predicted molar refractivity (Wildman–Crippen MR) is 166 cm³/mol. The largest absolute Gasteiger partial charge is 0.444 e. The van der Waals surface area contributed by atoms with Crippen molar-refractivity contribution in [2.24, 2.45) is 5.92 Å². The number of carbonyl (C=O) groups excluding carboxylic acids is 2. The summed E-state index contributed by atoms with van der Waals surface area (Å²) in [6.45, 7) is 16.5. The third-order valence-electron chi connectivity index (χ3n) is 7.07. The van der Waals surface area contributed by atoms with Crippen molar-refractivity contribution in [2.75, 3.05) is 29.9 Å². The standard InChI is InChI=1S/C32H46N6O5/c1-21(2)25-18-34-28-24(37(30(41)43-32(6,7)8)19-22-12-10-9-11-13-22)16-27(35-38(25)28)33-17-23-14-15-36(20-26(23)39)29(40)42-31(3,4)5/h9-13,16,18,21,23,26,39H,14-15,17,19-20H2,1-8H3,(H,33,35)/t23-,26+/m1/s1. The fourth-order valence-corrected chi connectivity index (χ4v) is 4.93. The Morgan fingerprint density at radius 2 is 1.77 bits per heavy atom. The van der Waals surface area contributed by atoms with E-state index in [0.29, 0.717) is 36.7 Å². The molecule has 11 nitrogen and oxygen atoms in total. The van der Waals surface area contributed by atoms with Crippen LogP contribution in [0, 0.1) is 5.92 Å². The predicted octanol–water partition coefficient (Wildman–Crippen LogP) is 5.82. The number of nitrogens with one attached hydrogen (secondary N) is 1. The van der Waals surface area contributed by atoms with Crippen LogP contribution in [-0.2, 0) is 16.0 Å². The number of hydrogen-bond donors (Lipinski definition) is 2. The van der Waals surface area contributed by atoms with Crippen LogP contribution >= 0.6 is 0 Å². The second-order valence-corrected chi connectivity index (χ2v) is 13.5. The first-order valence-electron chi connectivity index (χ1n) is 14.9. The van der Waals surface area contributed by atoms with Crippen molar-refractivity contribution in [1.29, 1.82) is 0 Å². The van der Waals surface area contributed by atoms with Gasteiger partial charge in [0, 0.05) is 25.1 Å². The smallest absolute Gasteiger partial charge is 0.415 e. The first kappa shape index (κ1) is 32.1. The number of hydrogen-bond acceptors (Lipinski definition) is 8. The van der Waals surface area contributed by atoms with E-state index >= 15 is 0 Å². The molecule has 2 amide bonds. The van der Waals surface area contributed by atoms with Gasteiger partial charge in [0.05, 0.1) is 36.8 Å². The highest BCUT2D eigenvalue weighted by molar-refractivity contribution is 5.93. The number of β-amino-alcohol motifs (C(OH)–C–C–N with tert-alkyl or cyclic N) is 1. The molecule has 0 saturated carbocycles. The van der Waals surface area contributed by atoms with Crippen LogP contribution in [0.2, 0.25) is 0 Å². The third kappa shape index (κ3) is 8.37. The van der Waals surface area contributed by atoms with Crippen LogP contribution in [0.4, 0.5) is 21.1 Å². The SMILES string of the molecule is CC(C)c1cnc2c(N(Cc3ccccc3)C(=O)OC(C)(C)C)cc(NC[C@H]3CCN(C(=O)OC(C)(C)C)C[C@@H]3O)nn12. The van der Waals surface area contributed by atoms with E-state index < -0.39 is 29.5 Å². The Hall–Kier alpha value is -3.86. The molecule has 1 saturated heterocycles. The molecule has 0 bridgehead atoms. The van der Waals surface area contributed by atoms with Gasteiger partial charge in [-0.3, -0.25) is 4.90 Å². The third-order valence-corrected chi connectivity index (χ3v) is 7.07. The Morgan fingerprint density at radius 3 is 2.37 bits per heavy atom. The minimum Gasteiger partial charge on any atom is -0.444 e.